The first kappa shape index (κ1) is 12.2. The molecule has 0 spiro atoms. The summed E-state index contributed by atoms with van der Waals surface area (Å²) in [5.74, 6) is 0. The van der Waals surface area contributed by atoms with Gasteiger partial charge in [0.05, 0.1) is 0 Å². The van der Waals surface area contributed by atoms with Crippen molar-refractivity contribution in [1.29, 1.82) is 0 Å². The molecule has 0 atom stereocenters. The highest BCUT2D eigenvalue weighted by Gasteiger charge is 1.87. The summed E-state index contributed by atoms with van der Waals surface area (Å²) >= 11 is 0. The molecule has 1 N–H and O–H groups in total. The van der Waals surface area contributed by atoms with Gasteiger partial charge in [-0.25, -0.2) is 0 Å². The van der Waals surface area contributed by atoms with Gasteiger partial charge in [0.2, 0.25) is 0 Å². The zero-order valence-corrected chi connectivity index (χ0v) is 8.71. The van der Waals surface area contributed by atoms with Gasteiger partial charge in [0.25, 0.3) is 0 Å². The van der Waals surface area contributed by atoms with Gasteiger partial charge in [-0.05, 0) is 33.1 Å². The van der Waals surface area contributed by atoms with Crippen molar-refractivity contribution in [2.75, 3.05) is 6.61 Å². The smallest absolute Gasteiger partial charge is 0.0465 e. The second kappa shape index (κ2) is 7.81. The Hall–Kier alpha value is -0.820. The van der Waals surface area contributed by atoms with Crippen molar-refractivity contribution in [1.82, 2.24) is 0 Å². The predicted molar refractivity (Wildman–Crippen MR) is 58.6 cm³/mol. The number of aliphatic hydroxyl groups is 1. The Balaban J connectivity index is 3.57. The molecule has 0 radical (unpaired) electrons. The molecule has 0 heterocycles. The molecule has 0 aliphatic carbocycles. The molecule has 0 aromatic heterocycles. The average molecular weight is 180 g/mol. The van der Waals surface area contributed by atoms with Crippen molar-refractivity contribution < 1.29 is 5.11 Å². The van der Waals surface area contributed by atoms with E-state index in [2.05, 4.69) is 26.5 Å². The molecule has 0 aromatic rings. The lowest BCUT2D eigenvalue weighted by molar-refractivity contribution is 0.302. The van der Waals surface area contributed by atoms with Gasteiger partial charge in [0.1, 0.15) is 0 Å². The van der Waals surface area contributed by atoms with Gasteiger partial charge in [0, 0.05) is 6.61 Å². The van der Waals surface area contributed by atoms with Crippen LogP contribution in [0.2, 0.25) is 0 Å². The molecule has 0 aliphatic heterocycles. The van der Waals surface area contributed by atoms with Crippen LogP contribution in [0.4, 0.5) is 0 Å². The molecule has 0 saturated carbocycles. The van der Waals surface area contributed by atoms with E-state index < -0.39 is 0 Å². The van der Waals surface area contributed by atoms with Gasteiger partial charge in [-0.2, -0.15) is 0 Å². The van der Waals surface area contributed by atoms with Crippen molar-refractivity contribution in [2.24, 2.45) is 0 Å². The maximum absolute atomic E-state index is 8.54. The highest BCUT2D eigenvalue weighted by atomic mass is 16.2. The number of hydrogen-bond acceptors (Lipinski definition) is 1. The minimum atomic E-state index is 0.220. The van der Waals surface area contributed by atoms with Crippen molar-refractivity contribution in [3.8, 4) is 0 Å². The molecule has 13 heavy (non-hydrogen) atoms. The van der Waals surface area contributed by atoms with Crippen LogP contribution in [0.15, 0.2) is 36.0 Å². The summed E-state index contributed by atoms with van der Waals surface area (Å²) in [6.07, 6.45) is 8.96. The van der Waals surface area contributed by atoms with Crippen molar-refractivity contribution in [3.63, 3.8) is 0 Å². The molecule has 1 nitrogen and oxygen atoms in total. The molecule has 1 heteroatoms. The molecule has 0 fully saturated rings. The van der Waals surface area contributed by atoms with Crippen molar-refractivity contribution in [2.45, 2.75) is 33.1 Å². The molecular formula is C12H20O. The summed E-state index contributed by atoms with van der Waals surface area (Å²) in [5, 5.41) is 8.54. The van der Waals surface area contributed by atoms with Gasteiger partial charge >= 0.3 is 0 Å². The Morgan fingerprint density at radius 1 is 1.31 bits per heavy atom. The maximum atomic E-state index is 8.54. The summed E-state index contributed by atoms with van der Waals surface area (Å²) in [7, 11) is 0. The zero-order chi connectivity index (χ0) is 10.1. The van der Waals surface area contributed by atoms with Gasteiger partial charge in [-0.15, -0.1) is 0 Å². The van der Waals surface area contributed by atoms with Gasteiger partial charge < -0.3 is 5.11 Å². The molecular weight excluding hydrogens is 160 g/mol. The third kappa shape index (κ3) is 9.09. The standard InChI is InChI=1S/C12H20O/c1-11(2)7-6-9-12(3)8-4-5-10-13/h4,7-8,13H,3,5-6,9-10H2,1-2H3. The molecule has 0 amide bonds. The number of rotatable bonds is 6. The monoisotopic (exact) mass is 180 g/mol. The minimum Gasteiger partial charge on any atom is -0.396 e. The SMILES string of the molecule is C=C(C=CCCO)CCC=C(C)C. The van der Waals surface area contributed by atoms with E-state index in [-0.39, 0.29) is 6.61 Å². The largest absolute Gasteiger partial charge is 0.396 e. The third-order valence-corrected chi connectivity index (χ3v) is 1.67. The first-order valence-electron chi connectivity index (χ1n) is 4.75. The molecule has 0 unspecified atom stereocenters. The zero-order valence-electron chi connectivity index (χ0n) is 8.71. The van der Waals surface area contributed by atoms with Crippen molar-refractivity contribution >= 4 is 0 Å². The van der Waals surface area contributed by atoms with Gasteiger partial charge in [-0.3, -0.25) is 0 Å². The van der Waals surface area contributed by atoms with E-state index in [4.69, 9.17) is 5.11 Å². The number of hydrogen-bond donors (Lipinski definition) is 1. The summed E-state index contributed by atoms with van der Waals surface area (Å²) < 4.78 is 0. The number of aliphatic hydroxyl groups excluding tert-OH is 1. The highest BCUT2D eigenvalue weighted by molar-refractivity contribution is 5.15. The topological polar surface area (TPSA) is 20.2 Å². The summed E-state index contributed by atoms with van der Waals surface area (Å²) in [4.78, 5) is 0. The average Bonchev–Trinajstić information content (AvgIpc) is 2.04. The second-order valence-corrected chi connectivity index (χ2v) is 3.39. The van der Waals surface area contributed by atoms with Gasteiger partial charge in [-0.1, -0.05) is 36.0 Å². The molecule has 0 bridgehead atoms. The lowest BCUT2D eigenvalue weighted by Crippen LogP contribution is -1.79. The fourth-order valence-electron chi connectivity index (χ4n) is 0.954. The first-order chi connectivity index (χ1) is 6.16. The van der Waals surface area contributed by atoms with E-state index >= 15 is 0 Å². The molecule has 0 aromatic carbocycles. The van der Waals surface area contributed by atoms with Crippen LogP contribution in [0, 0.1) is 0 Å². The Labute approximate surface area is 81.5 Å². The van der Waals surface area contributed by atoms with Crippen LogP contribution < -0.4 is 0 Å². The highest BCUT2D eigenvalue weighted by Crippen LogP contribution is 2.06. The van der Waals surface area contributed by atoms with Crippen LogP contribution in [-0.2, 0) is 0 Å². The van der Waals surface area contributed by atoms with Crippen LogP contribution in [0.25, 0.3) is 0 Å². The Morgan fingerprint density at radius 2 is 2.00 bits per heavy atom. The summed E-state index contributed by atoms with van der Waals surface area (Å²) in [5.41, 5.74) is 2.48. The summed E-state index contributed by atoms with van der Waals surface area (Å²) in [6.45, 7) is 8.35. The number of allylic oxidation sites excluding steroid dienone is 4. The molecule has 0 aliphatic rings. The third-order valence-electron chi connectivity index (χ3n) is 1.67. The Morgan fingerprint density at radius 3 is 2.54 bits per heavy atom. The van der Waals surface area contributed by atoms with E-state index in [1.807, 2.05) is 12.2 Å². The fraction of sp³-hybridized carbons (Fsp3) is 0.500. The minimum absolute atomic E-state index is 0.220. The molecule has 0 rings (SSSR count). The van der Waals surface area contributed by atoms with Crippen LogP contribution in [0.5, 0.6) is 0 Å². The fourth-order valence-corrected chi connectivity index (χ4v) is 0.954. The lowest BCUT2D eigenvalue weighted by Gasteiger charge is -1.96. The van der Waals surface area contributed by atoms with Crippen LogP contribution in [0.1, 0.15) is 33.1 Å². The van der Waals surface area contributed by atoms with E-state index in [1.165, 1.54) is 5.57 Å². The Kier molecular flexibility index (Phi) is 7.32. The van der Waals surface area contributed by atoms with Crippen LogP contribution in [-0.4, -0.2) is 11.7 Å². The second-order valence-electron chi connectivity index (χ2n) is 3.39. The van der Waals surface area contributed by atoms with Crippen LogP contribution >= 0.6 is 0 Å². The quantitative estimate of drug-likeness (QED) is 0.491. The predicted octanol–water partition coefficient (Wildman–Crippen LogP) is 3.23. The van der Waals surface area contributed by atoms with E-state index in [1.54, 1.807) is 0 Å². The van der Waals surface area contributed by atoms with E-state index in [9.17, 15) is 0 Å². The normalized spacial score (nSPS) is 10.4. The van der Waals surface area contributed by atoms with Crippen molar-refractivity contribution in [3.05, 3.63) is 36.0 Å². The first-order valence-corrected chi connectivity index (χ1v) is 4.75. The van der Waals surface area contributed by atoms with E-state index in [0.29, 0.717) is 0 Å². The molecule has 0 saturated heterocycles. The Bertz CT molecular complexity index is 195. The van der Waals surface area contributed by atoms with Gasteiger partial charge in [0.15, 0.2) is 0 Å². The van der Waals surface area contributed by atoms with Crippen LogP contribution in [0.3, 0.4) is 0 Å². The van der Waals surface area contributed by atoms with E-state index in [0.717, 1.165) is 24.8 Å². The maximum Gasteiger partial charge on any atom is 0.0465 e. The lowest BCUT2D eigenvalue weighted by atomic mass is 10.1. The molecule has 74 valence electrons. The summed E-state index contributed by atoms with van der Waals surface area (Å²) in [6, 6.07) is 0.